The van der Waals surface area contributed by atoms with Crippen LogP contribution in [0.4, 0.5) is 13.2 Å². The molecular formula is C9H17F3N2OS. The van der Waals surface area contributed by atoms with Gasteiger partial charge >= 0.3 is 6.18 Å². The first kappa shape index (κ1) is 15.6. The molecule has 0 bridgehead atoms. The largest absolute Gasteiger partial charge is 0.399 e. The van der Waals surface area contributed by atoms with Crippen LogP contribution in [0.5, 0.6) is 0 Å². The van der Waals surface area contributed by atoms with E-state index in [1.165, 1.54) is 4.90 Å². The minimum Gasteiger partial charge on any atom is -0.395 e. The van der Waals surface area contributed by atoms with Crippen LogP contribution < -0.4 is 5.73 Å². The smallest absolute Gasteiger partial charge is 0.395 e. The Hall–Kier alpha value is -0.400. The van der Waals surface area contributed by atoms with Crippen molar-refractivity contribution >= 4 is 17.2 Å². The maximum Gasteiger partial charge on any atom is 0.399 e. The van der Waals surface area contributed by atoms with Gasteiger partial charge < -0.3 is 15.7 Å². The van der Waals surface area contributed by atoms with Crippen molar-refractivity contribution in [1.82, 2.24) is 4.90 Å². The molecule has 0 rings (SSSR count). The number of aliphatic hydroxyl groups is 1. The molecule has 16 heavy (non-hydrogen) atoms. The highest BCUT2D eigenvalue weighted by Gasteiger charge is 2.42. The van der Waals surface area contributed by atoms with Crippen molar-refractivity contribution in [2.45, 2.75) is 19.5 Å². The quantitative estimate of drug-likeness (QED) is 0.673. The number of aliphatic hydroxyl groups excluding tert-OH is 1. The first-order valence-corrected chi connectivity index (χ1v) is 5.43. The molecule has 7 heteroatoms. The molecule has 0 aromatic carbocycles. The van der Waals surface area contributed by atoms with Crippen LogP contribution >= 0.6 is 12.2 Å². The first-order valence-electron chi connectivity index (χ1n) is 5.02. The van der Waals surface area contributed by atoms with Gasteiger partial charge in [0.1, 0.15) is 5.92 Å². The SMILES string of the molecule is CCCN(CCO)CC(C(N)=S)C(F)(F)F. The summed E-state index contributed by atoms with van der Waals surface area (Å²) in [7, 11) is 0. The number of nitrogens with zero attached hydrogens (tertiary/aromatic N) is 1. The molecule has 0 aromatic rings. The van der Waals surface area contributed by atoms with Crippen molar-refractivity contribution in [3.63, 3.8) is 0 Å². The van der Waals surface area contributed by atoms with E-state index in [-0.39, 0.29) is 19.7 Å². The first-order chi connectivity index (χ1) is 7.32. The fraction of sp³-hybridized carbons (Fsp3) is 0.889. The number of hydrogen-bond acceptors (Lipinski definition) is 3. The summed E-state index contributed by atoms with van der Waals surface area (Å²) in [6, 6.07) is 0. The molecule has 3 nitrogen and oxygen atoms in total. The zero-order chi connectivity index (χ0) is 12.8. The van der Waals surface area contributed by atoms with Gasteiger partial charge in [-0.15, -0.1) is 0 Å². The molecule has 0 aromatic heterocycles. The Labute approximate surface area is 98.4 Å². The van der Waals surface area contributed by atoms with E-state index in [4.69, 9.17) is 10.8 Å². The predicted octanol–water partition coefficient (Wildman–Crippen LogP) is 1.16. The van der Waals surface area contributed by atoms with Crippen molar-refractivity contribution in [3.8, 4) is 0 Å². The topological polar surface area (TPSA) is 49.5 Å². The second-order valence-electron chi connectivity index (χ2n) is 3.52. The summed E-state index contributed by atoms with van der Waals surface area (Å²) in [4.78, 5) is 0.962. The summed E-state index contributed by atoms with van der Waals surface area (Å²) in [5.41, 5.74) is 5.09. The summed E-state index contributed by atoms with van der Waals surface area (Å²) in [5, 5.41) is 8.73. The van der Waals surface area contributed by atoms with Crippen LogP contribution in [0.25, 0.3) is 0 Å². The van der Waals surface area contributed by atoms with Gasteiger partial charge in [-0.05, 0) is 13.0 Å². The second-order valence-corrected chi connectivity index (χ2v) is 3.99. The summed E-state index contributed by atoms with van der Waals surface area (Å²) >= 11 is 4.42. The van der Waals surface area contributed by atoms with Gasteiger partial charge in [0.25, 0.3) is 0 Å². The van der Waals surface area contributed by atoms with Gasteiger partial charge in [0.15, 0.2) is 0 Å². The van der Waals surface area contributed by atoms with E-state index in [0.29, 0.717) is 13.0 Å². The van der Waals surface area contributed by atoms with E-state index >= 15 is 0 Å². The Morgan fingerprint density at radius 3 is 2.31 bits per heavy atom. The van der Waals surface area contributed by atoms with Gasteiger partial charge in [0.2, 0.25) is 0 Å². The fourth-order valence-electron chi connectivity index (χ4n) is 1.37. The lowest BCUT2D eigenvalue weighted by Gasteiger charge is -2.27. The maximum absolute atomic E-state index is 12.6. The average molecular weight is 258 g/mol. The van der Waals surface area contributed by atoms with Crippen molar-refractivity contribution in [3.05, 3.63) is 0 Å². The number of hydrogen-bond donors (Lipinski definition) is 2. The standard InChI is InChI=1S/C9H17F3N2OS/c1-2-3-14(4-5-15)6-7(8(13)16)9(10,11)12/h7,15H,2-6H2,1H3,(H2,13,16). The highest BCUT2D eigenvalue weighted by atomic mass is 32.1. The molecule has 1 atom stereocenters. The van der Waals surface area contributed by atoms with Gasteiger partial charge in [0, 0.05) is 13.1 Å². The Morgan fingerprint density at radius 2 is 2.00 bits per heavy atom. The highest BCUT2D eigenvalue weighted by molar-refractivity contribution is 7.80. The van der Waals surface area contributed by atoms with E-state index in [1.54, 1.807) is 0 Å². The molecule has 0 heterocycles. The number of rotatable bonds is 7. The predicted molar refractivity (Wildman–Crippen MR) is 60.1 cm³/mol. The third kappa shape index (κ3) is 5.62. The third-order valence-electron chi connectivity index (χ3n) is 2.14. The molecule has 3 N–H and O–H groups in total. The monoisotopic (exact) mass is 258 g/mol. The zero-order valence-electron chi connectivity index (χ0n) is 9.13. The van der Waals surface area contributed by atoms with Gasteiger partial charge in [-0.1, -0.05) is 19.1 Å². The Morgan fingerprint density at radius 1 is 1.44 bits per heavy atom. The summed E-state index contributed by atoms with van der Waals surface area (Å²) in [6.07, 6.45) is -3.71. The Bertz CT molecular complexity index is 217. The van der Waals surface area contributed by atoms with E-state index < -0.39 is 17.1 Å². The third-order valence-corrected chi connectivity index (χ3v) is 2.42. The van der Waals surface area contributed by atoms with Crippen molar-refractivity contribution in [1.29, 1.82) is 0 Å². The lowest BCUT2D eigenvalue weighted by Crippen LogP contribution is -2.44. The van der Waals surface area contributed by atoms with Gasteiger partial charge in [0.05, 0.1) is 11.6 Å². The van der Waals surface area contributed by atoms with Crippen LogP contribution in [0.15, 0.2) is 0 Å². The second kappa shape index (κ2) is 7.03. The minimum atomic E-state index is -4.42. The van der Waals surface area contributed by atoms with Crippen LogP contribution in [0, 0.1) is 5.92 Å². The molecule has 0 saturated heterocycles. The minimum absolute atomic E-state index is 0.179. The van der Waals surface area contributed by atoms with Crippen LogP contribution in [-0.2, 0) is 0 Å². The molecule has 0 amide bonds. The molecule has 96 valence electrons. The molecule has 0 spiro atoms. The summed E-state index contributed by atoms with van der Waals surface area (Å²) < 4.78 is 37.7. The number of nitrogens with two attached hydrogens (primary N) is 1. The van der Waals surface area contributed by atoms with E-state index in [0.717, 1.165) is 0 Å². The van der Waals surface area contributed by atoms with Crippen molar-refractivity contribution < 1.29 is 18.3 Å². The van der Waals surface area contributed by atoms with E-state index in [1.807, 2.05) is 6.92 Å². The Balaban J connectivity index is 4.51. The molecule has 0 aliphatic carbocycles. The summed E-state index contributed by atoms with van der Waals surface area (Å²) in [6.45, 7) is 2.07. The van der Waals surface area contributed by atoms with Gasteiger partial charge in [-0.3, -0.25) is 0 Å². The Kier molecular flexibility index (Phi) is 6.85. The number of alkyl halides is 3. The van der Waals surface area contributed by atoms with Gasteiger partial charge in [-0.25, -0.2) is 0 Å². The van der Waals surface area contributed by atoms with Gasteiger partial charge in [-0.2, -0.15) is 13.2 Å². The van der Waals surface area contributed by atoms with E-state index in [9.17, 15) is 13.2 Å². The molecule has 0 saturated carbocycles. The lowest BCUT2D eigenvalue weighted by molar-refractivity contribution is -0.159. The normalized spacial score (nSPS) is 14.1. The molecule has 0 aliphatic heterocycles. The lowest BCUT2D eigenvalue weighted by atomic mass is 10.1. The number of halogens is 3. The van der Waals surface area contributed by atoms with Crippen LogP contribution in [0.1, 0.15) is 13.3 Å². The molecule has 0 aliphatic rings. The van der Waals surface area contributed by atoms with Crippen molar-refractivity contribution in [2.24, 2.45) is 11.7 Å². The molecule has 0 radical (unpaired) electrons. The average Bonchev–Trinajstić information content (AvgIpc) is 2.12. The van der Waals surface area contributed by atoms with Crippen LogP contribution in [0.2, 0.25) is 0 Å². The van der Waals surface area contributed by atoms with Crippen LogP contribution in [-0.4, -0.2) is 47.4 Å². The maximum atomic E-state index is 12.6. The number of thiocarbonyl (C=S) groups is 1. The molecule has 1 unspecified atom stereocenters. The van der Waals surface area contributed by atoms with E-state index in [2.05, 4.69) is 12.2 Å². The van der Waals surface area contributed by atoms with Crippen LogP contribution in [0.3, 0.4) is 0 Å². The van der Waals surface area contributed by atoms with Crippen molar-refractivity contribution in [2.75, 3.05) is 26.2 Å². The highest BCUT2D eigenvalue weighted by Crippen LogP contribution is 2.27. The molecular weight excluding hydrogens is 241 g/mol. The fourth-order valence-corrected chi connectivity index (χ4v) is 1.57. The molecule has 0 fully saturated rings. The zero-order valence-corrected chi connectivity index (χ0v) is 9.94. The summed E-state index contributed by atoms with van der Waals surface area (Å²) in [5.74, 6) is -1.81.